The van der Waals surface area contributed by atoms with E-state index >= 15 is 0 Å². The number of nitriles is 2. The normalized spacial score (nSPS) is 10.7. The van der Waals surface area contributed by atoms with Gasteiger partial charge in [0.15, 0.2) is 6.19 Å². The van der Waals surface area contributed by atoms with Crippen LogP contribution in [0, 0.1) is 28.6 Å². The fourth-order valence-electron chi connectivity index (χ4n) is 2.34. The van der Waals surface area contributed by atoms with Crippen molar-refractivity contribution < 1.29 is 4.39 Å². The van der Waals surface area contributed by atoms with Crippen LogP contribution in [0.5, 0.6) is 0 Å². The maximum atomic E-state index is 13.4. The molecule has 0 aliphatic rings. The summed E-state index contributed by atoms with van der Waals surface area (Å²) in [7, 11) is 0. The molecule has 0 atom stereocenters. The molecule has 0 saturated heterocycles. The van der Waals surface area contributed by atoms with Gasteiger partial charge in [-0.2, -0.15) is 10.5 Å². The van der Waals surface area contributed by atoms with E-state index in [2.05, 4.69) is 28.2 Å². The largest absolute Gasteiger partial charge is 0.275 e. The summed E-state index contributed by atoms with van der Waals surface area (Å²) in [6.45, 7) is 4.00. The molecule has 0 N–H and O–H groups in total. The summed E-state index contributed by atoms with van der Waals surface area (Å²) >= 11 is 3.13. The second-order valence-corrected chi connectivity index (χ2v) is 6.53. The van der Waals surface area contributed by atoms with Crippen LogP contribution in [-0.2, 0) is 12.0 Å². The Kier molecular flexibility index (Phi) is 5.03. The Balaban J connectivity index is 2.39. The van der Waals surface area contributed by atoms with Crippen molar-refractivity contribution in [2.24, 2.45) is 0 Å². The van der Waals surface area contributed by atoms with E-state index in [4.69, 9.17) is 0 Å². The Bertz CT molecular complexity index is 803. The van der Waals surface area contributed by atoms with Gasteiger partial charge in [-0.1, -0.05) is 24.3 Å². The van der Waals surface area contributed by atoms with E-state index in [-0.39, 0.29) is 5.82 Å². The second kappa shape index (κ2) is 6.81. The Labute approximate surface area is 143 Å². The number of hydrogen-bond donors (Lipinski definition) is 0. The average molecular weight is 372 g/mol. The summed E-state index contributed by atoms with van der Waals surface area (Å²) in [6.07, 6.45) is 2.12. The van der Waals surface area contributed by atoms with Crippen molar-refractivity contribution in [1.82, 2.24) is 0 Å². The molecule has 0 aliphatic heterocycles. The van der Waals surface area contributed by atoms with Crippen LogP contribution in [0.15, 0.2) is 46.9 Å². The third kappa shape index (κ3) is 3.70. The molecule has 116 valence electrons. The van der Waals surface area contributed by atoms with E-state index in [9.17, 15) is 14.9 Å². The maximum absolute atomic E-state index is 13.4. The zero-order chi connectivity index (χ0) is 17.0. The smallest absolute Gasteiger partial charge is 0.184 e. The first-order chi connectivity index (χ1) is 10.9. The van der Waals surface area contributed by atoms with Crippen molar-refractivity contribution >= 4 is 21.6 Å². The quantitative estimate of drug-likeness (QED) is 0.568. The first-order valence-electron chi connectivity index (χ1n) is 7.01. The highest BCUT2D eigenvalue weighted by Crippen LogP contribution is 2.29. The van der Waals surface area contributed by atoms with Crippen LogP contribution in [0.3, 0.4) is 0 Å². The van der Waals surface area contributed by atoms with E-state index in [0.29, 0.717) is 16.7 Å². The van der Waals surface area contributed by atoms with Crippen LogP contribution in [0.2, 0.25) is 0 Å². The second-order valence-electron chi connectivity index (χ2n) is 5.68. The van der Waals surface area contributed by atoms with Crippen LogP contribution < -0.4 is 4.90 Å². The number of anilines is 1. The summed E-state index contributed by atoms with van der Waals surface area (Å²) in [5.74, 6) is -0.377. The summed E-state index contributed by atoms with van der Waals surface area (Å²) in [6, 6.07) is 14.3. The standard InChI is InChI=1S/C18H15BrFN3/c1-18(2,11-21)15-6-4-3-5-13(15)10-23(12-22)14-7-8-17(20)16(19)9-14/h3-9H,10H2,1-2H3. The van der Waals surface area contributed by atoms with Crippen LogP contribution in [0.25, 0.3) is 0 Å². The third-order valence-electron chi connectivity index (χ3n) is 3.63. The summed E-state index contributed by atoms with van der Waals surface area (Å²) in [4.78, 5) is 1.47. The van der Waals surface area contributed by atoms with Crippen molar-refractivity contribution in [3.63, 3.8) is 0 Å². The van der Waals surface area contributed by atoms with Gasteiger partial charge < -0.3 is 0 Å². The molecule has 0 spiro atoms. The van der Waals surface area contributed by atoms with Gasteiger partial charge in [-0.3, -0.25) is 4.90 Å². The van der Waals surface area contributed by atoms with E-state index < -0.39 is 5.41 Å². The van der Waals surface area contributed by atoms with Gasteiger partial charge >= 0.3 is 0 Å². The average Bonchev–Trinajstić information content (AvgIpc) is 2.55. The van der Waals surface area contributed by atoms with Gasteiger partial charge in [-0.05, 0) is 59.1 Å². The predicted molar refractivity (Wildman–Crippen MR) is 91.0 cm³/mol. The SMILES string of the molecule is CC(C)(C#N)c1ccccc1CN(C#N)c1ccc(F)c(Br)c1. The Morgan fingerprint density at radius 3 is 2.48 bits per heavy atom. The van der Waals surface area contributed by atoms with Crippen LogP contribution in [-0.4, -0.2) is 0 Å². The van der Waals surface area contributed by atoms with Crippen LogP contribution >= 0.6 is 15.9 Å². The molecule has 0 unspecified atom stereocenters. The first kappa shape index (κ1) is 17.0. The number of nitrogens with zero attached hydrogens (tertiary/aromatic N) is 3. The molecule has 0 fully saturated rings. The van der Waals surface area contributed by atoms with Crippen molar-refractivity contribution in [2.45, 2.75) is 25.8 Å². The number of halogens is 2. The molecule has 2 rings (SSSR count). The van der Waals surface area contributed by atoms with Crippen molar-refractivity contribution in [3.05, 3.63) is 63.9 Å². The molecule has 0 aliphatic carbocycles. The minimum Gasteiger partial charge on any atom is -0.275 e. The Hall–Kier alpha value is -2.37. The minimum absolute atomic E-state index is 0.306. The zero-order valence-electron chi connectivity index (χ0n) is 12.8. The molecule has 5 heteroatoms. The highest BCUT2D eigenvalue weighted by Gasteiger charge is 2.23. The zero-order valence-corrected chi connectivity index (χ0v) is 14.4. The van der Waals surface area contributed by atoms with Gasteiger partial charge in [0.2, 0.25) is 0 Å². The lowest BCUT2D eigenvalue weighted by Crippen LogP contribution is -2.22. The van der Waals surface area contributed by atoms with Crippen molar-refractivity contribution in [1.29, 1.82) is 10.5 Å². The van der Waals surface area contributed by atoms with E-state index in [0.717, 1.165) is 11.1 Å². The van der Waals surface area contributed by atoms with Gasteiger partial charge in [0.25, 0.3) is 0 Å². The lowest BCUT2D eigenvalue weighted by atomic mass is 9.83. The molecule has 0 saturated carbocycles. The lowest BCUT2D eigenvalue weighted by molar-refractivity contribution is 0.621. The molecule has 0 amide bonds. The highest BCUT2D eigenvalue weighted by atomic mass is 79.9. The summed E-state index contributed by atoms with van der Waals surface area (Å²) in [5, 5.41) is 18.8. The summed E-state index contributed by atoms with van der Waals surface area (Å²) < 4.78 is 13.7. The van der Waals surface area contributed by atoms with Gasteiger partial charge in [0, 0.05) is 0 Å². The lowest BCUT2D eigenvalue weighted by Gasteiger charge is -2.23. The predicted octanol–water partition coefficient (Wildman–Crippen LogP) is 4.88. The molecule has 2 aromatic rings. The molecule has 23 heavy (non-hydrogen) atoms. The van der Waals surface area contributed by atoms with Gasteiger partial charge in [-0.15, -0.1) is 0 Å². The first-order valence-corrected chi connectivity index (χ1v) is 7.80. The Morgan fingerprint density at radius 2 is 1.87 bits per heavy atom. The van der Waals surface area contributed by atoms with E-state index in [1.807, 2.05) is 38.1 Å². The van der Waals surface area contributed by atoms with Crippen molar-refractivity contribution in [3.8, 4) is 12.3 Å². The van der Waals surface area contributed by atoms with Crippen molar-refractivity contribution in [2.75, 3.05) is 4.90 Å². The topological polar surface area (TPSA) is 50.8 Å². The van der Waals surface area contributed by atoms with Gasteiger partial charge in [0.05, 0.1) is 28.2 Å². The molecular formula is C18H15BrFN3. The maximum Gasteiger partial charge on any atom is 0.184 e. The van der Waals surface area contributed by atoms with Gasteiger partial charge in [0.1, 0.15) is 5.82 Å². The molecule has 3 nitrogen and oxygen atoms in total. The van der Waals surface area contributed by atoms with Crippen LogP contribution in [0.1, 0.15) is 25.0 Å². The fraction of sp³-hybridized carbons (Fsp3) is 0.222. The van der Waals surface area contributed by atoms with Gasteiger partial charge in [-0.25, -0.2) is 4.39 Å². The summed E-state index contributed by atoms with van der Waals surface area (Å²) in [5.41, 5.74) is 1.71. The number of rotatable bonds is 4. The Morgan fingerprint density at radius 1 is 1.17 bits per heavy atom. The molecule has 0 bridgehead atoms. The minimum atomic E-state index is -0.652. The monoisotopic (exact) mass is 371 g/mol. The molecular weight excluding hydrogens is 357 g/mol. The molecule has 0 aromatic heterocycles. The molecule has 2 aromatic carbocycles. The highest BCUT2D eigenvalue weighted by molar-refractivity contribution is 9.10. The number of benzene rings is 2. The van der Waals surface area contributed by atoms with Crippen LogP contribution in [0.4, 0.5) is 10.1 Å². The fourth-order valence-corrected chi connectivity index (χ4v) is 2.70. The third-order valence-corrected chi connectivity index (χ3v) is 4.24. The van der Waals surface area contributed by atoms with E-state index in [1.54, 1.807) is 12.1 Å². The molecule has 0 radical (unpaired) electrons. The van der Waals surface area contributed by atoms with E-state index in [1.165, 1.54) is 11.0 Å². The number of hydrogen-bond acceptors (Lipinski definition) is 3. The molecule has 0 heterocycles.